The van der Waals surface area contributed by atoms with Gasteiger partial charge in [-0.15, -0.1) is 4.40 Å². The molecule has 0 amide bonds. The van der Waals surface area contributed by atoms with Gasteiger partial charge >= 0.3 is 10.2 Å². The molecular weight excluding hydrogens is 200 g/mol. The van der Waals surface area contributed by atoms with Crippen LogP contribution in [0.3, 0.4) is 0 Å². The molecule has 76 valence electrons. The third-order valence-corrected chi connectivity index (χ3v) is 3.70. The van der Waals surface area contributed by atoms with Crippen LogP contribution in [0.1, 0.15) is 20.3 Å². The molecule has 0 bridgehead atoms. The van der Waals surface area contributed by atoms with Crippen LogP contribution in [-0.4, -0.2) is 24.5 Å². The minimum Gasteiger partial charge on any atom is -0.248 e. The van der Waals surface area contributed by atoms with Crippen molar-refractivity contribution in [3.05, 3.63) is 23.9 Å². The summed E-state index contributed by atoms with van der Waals surface area (Å²) in [6.07, 6.45) is 6.33. The van der Waals surface area contributed by atoms with E-state index in [0.29, 0.717) is 5.71 Å². The smallest absolute Gasteiger partial charge is 0.248 e. The van der Waals surface area contributed by atoms with E-state index >= 15 is 0 Å². The molecule has 0 N–H and O–H groups in total. The van der Waals surface area contributed by atoms with Crippen molar-refractivity contribution < 1.29 is 8.42 Å². The molecule has 2 rings (SSSR count). The first-order valence-electron chi connectivity index (χ1n) is 4.54. The van der Waals surface area contributed by atoms with Crippen molar-refractivity contribution in [1.82, 2.24) is 4.31 Å². The lowest BCUT2D eigenvalue weighted by atomic mass is 10.1. The second-order valence-corrected chi connectivity index (χ2v) is 5.04. The Kier molecular flexibility index (Phi) is 1.99. The highest BCUT2D eigenvalue weighted by Gasteiger charge is 2.35. The Balaban J connectivity index is 2.53. The maximum absolute atomic E-state index is 11.6. The first-order valence-corrected chi connectivity index (χ1v) is 5.93. The Morgan fingerprint density at radius 1 is 1.50 bits per heavy atom. The van der Waals surface area contributed by atoms with Crippen molar-refractivity contribution in [2.45, 2.75) is 26.3 Å². The monoisotopic (exact) mass is 212 g/mol. The van der Waals surface area contributed by atoms with Crippen molar-refractivity contribution in [2.75, 3.05) is 0 Å². The average molecular weight is 212 g/mol. The zero-order valence-corrected chi connectivity index (χ0v) is 8.95. The van der Waals surface area contributed by atoms with E-state index in [9.17, 15) is 8.42 Å². The molecule has 0 aromatic rings. The van der Waals surface area contributed by atoms with Crippen molar-refractivity contribution >= 4 is 15.9 Å². The summed E-state index contributed by atoms with van der Waals surface area (Å²) in [5.41, 5.74) is 1.28. The van der Waals surface area contributed by atoms with Crippen LogP contribution in [0.5, 0.6) is 0 Å². The van der Waals surface area contributed by atoms with E-state index in [1.54, 1.807) is 6.08 Å². The van der Waals surface area contributed by atoms with E-state index in [1.807, 2.05) is 26.0 Å². The zero-order valence-electron chi connectivity index (χ0n) is 8.14. The fourth-order valence-electron chi connectivity index (χ4n) is 1.67. The van der Waals surface area contributed by atoms with Crippen LogP contribution in [-0.2, 0) is 10.2 Å². The van der Waals surface area contributed by atoms with Crippen LogP contribution < -0.4 is 0 Å². The van der Waals surface area contributed by atoms with Crippen molar-refractivity contribution in [1.29, 1.82) is 0 Å². The summed E-state index contributed by atoms with van der Waals surface area (Å²) in [5, 5.41) is 0. The van der Waals surface area contributed by atoms with Crippen LogP contribution in [0.25, 0.3) is 0 Å². The Labute approximate surface area is 83.8 Å². The molecule has 0 saturated carbocycles. The number of hydrogen-bond donors (Lipinski definition) is 0. The molecule has 1 aliphatic carbocycles. The highest BCUT2D eigenvalue weighted by atomic mass is 32.2. The summed E-state index contributed by atoms with van der Waals surface area (Å²) in [6, 6.07) is -0.0843. The number of hydrogen-bond acceptors (Lipinski definition) is 2. The van der Waals surface area contributed by atoms with E-state index in [4.69, 9.17) is 0 Å². The third kappa shape index (κ3) is 1.28. The van der Waals surface area contributed by atoms with Gasteiger partial charge in [0.05, 0.1) is 5.70 Å². The summed E-state index contributed by atoms with van der Waals surface area (Å²) in [5.74, 6) is 0. The molecule has 14 heavy (non-hydrogen) atoms. The van der Waals surface area contributed by atoms with E-state index in [1.165, 1.54) is 4.31 Å². The highest BCUT2D eigenvalue weighted by molar-refractivity contribution is 7.88. The van der Waals surface area contributed by atoms with Gasteiger partial charge < -0.3 is 0 Å². The van der Waals surface area contributed by atoms with Gasteiger partial charge in [-0.25, -0.2) is 4.31 Å². The number of nitrogens with zero attached hydrogens (tertiary/aromatic N) is 2. The quantitative estimate of drug-likeness (QED) is 0.656. The molecule has 0 unspecified atom stereocenters. The topological polar surface area (TPSA) is 49.7 Å². The van der Waals surface area contributed by atoms with Crippen molar-refractivity contribution in [2.24, 2.45) is 4.40 Å². The second kappa shape index (κ2) is 2.95. The Morgan fingerprint density at radius 2 is 2.21 bits per heavy atom. The Bertz CT molecular complexity index is 443. The summed E-state index contributed by atoms with van der Waals surface area (Å²) in [6.45, 7) is 3.68. The second-order valence-electron chi connectivity index (χ2n) is 3.57. The van der Waals surface area contributed by atoms with Gasteiger partial charge in [-0.3, -0.25) is 0 Å². The van der Waals surface area contributed by atoms with Crippen molar-refractivity contribution in [3.63, 3.8) is 0 Å². The van der Waals surface area contributed by atoms with Gasteiger partial charge in [-0.2, -0.15) is 8.42 Å². The molecule has 0 spiro atoms. The lowest BCUT2D eigenvalue weighted by Gasteiger charge is -2.22. The summed E-state index contributed by atoms with van der Waals surface area (Å²) in [4.78, 5) is 0. The summed E-state index contributed by atoms with van der Waals surface area (Å²) < 4.78 is 28.3. The fraction of sp³-hybridized carbons (Fsp3) is 0.444. The summed E-state index contributed by atoms with van der Waals surface area (Å²) in [7, 11) is -3.47. The van der Waals surface area contributed by atoms with Gasteiger partial charge in [0.2, 0.25) is 0 Å². The molecule has 1 heterocycles. The van der Waals surface area contributed by atoms with Gasteiger partial charge in [0.15, 0.2) is 0 Å². The first kappa shape index (κ1) is 9.45. The molecule has 0 radical (unpaired) electrons. The van der Waals surface area contributed by atoms with Gasteiger partial charge in [0.25, 0.3) is 0 Å². The Hall–Kier alpha value is -1.10. The summed E-state index contributed by atoms with van der Waals surface area (Å²) >= 11 is 0. The predicted molar refractivity (Wildman–Crippen MR) is 55.2 cm³/mol. The minimum atomic E-state index is -3.47. The van der Waals surface area contributed by atoms with Gasteiger partial charge in [-0.05, 0) is 26.3 Å². The van der Waals surface area contributed by atoms with Crippen LogP contribution in [0.2, 0.25) is 0 Å². The molecule has 4 nitrogen and oxygen atoms in total. The lowest BCUT2D eigenvalue weighted by molar-refractivity contribution is 0.437. The minimum absolute atomic E-state index is 0.0843. The van der Waals surface area contributed by atoms with Crippen LogP contribution in [0, 0.1) is 0 Å². The Morgan fingerprint density at radius 3 is 2.86 bits per heavy atom. The molecular formula is C9H12N2O2S. The zero-order chi connectivity index (χ0) is 10.3. The standard InChI is InChI=1S/C9H12N2O2S/c1-7(2)11-9-6-4-3-5-8(9)10-14(11,12)13/h3,5-7H,4H2,1-2H3. The maximum atomic E-state index is 11.6. The van der Waals surface area contributed by atoms with E-state index in [-0.39, 0.29) is 6.04 Å². The van der Waals surface area contributed by atoms with Crippen LogP contribution in [0.15, 0.2) is 28.3 Å². The fourth-order valence-corrected chi connectivity index (χ4v) is 3.11. The van der Waals surface area contributed by atoms with Crippen LogP contribution in [0.4, 0.5) is 0 Å². The molecule has 0 fully saturated rings. The largest absolute Gasteiger partial charge is 0.345 e. The molecule has 0 aromatic carbocycles. The molecule has 5 heteroatoms. The molecule has 0 atom stereocenters. The normalized spacial score (nSPS) is 23.5. The maximum Gasteiger partial charge on any atom is 0.345 e. The van der Waals surface area contributed by atoms with E-state index < -0.39 is 10.2 Å². The van der Waals surface area contributed by atoms with Crippen LogP contribution >= 0.6 is 0 Å². The first-order chi connectivity index (χ1) is 6.52. The average Bonchev–Trinajstić information content (AvgIpc) is 2.33. The molecule has 1 aliphatic heterocycles. The SMILES string of the molecule is CC(C)N1C2=CCC=CC2=NS1(=O)=O. The predicted octanol–water partition coefficient (Wildman–Crippen LogP) is 1.24. The molecule has 0 aromatic heterocycles. The van der Waals surface area contributed by atoms with Gasteiger partial charge in [-0.1, -0.05) is 12.2 Å². The van der Waals surface area contributed by atoms with Gasteiger partial charge in [0.1, 0.15) is 5.71 Å². The number of rotatable bonds is 1. The molecule has 2 aliphatic rings. The lowest BCUT2D eigenvalue weighted by Crippen LogP contribution is -2.32. The van der Waals surface area contributed by atoms with Gasteiger partial charge in [0, 0.05) is 6.04 Å². The molecule has 0 saturated heterocycles. The highest BCUT2D eigenvalue weighted by Crippen LogP contribution is 2.28. The van der Waals surface area contributed by atoms with E-state index in [0.717, 1.165) is 12.1 Å². The third-order valence-electron chi connectivity index (χ3n) is 2.15. The van der Waals surface area contributed by atoms with E-state index in [2.05, 4.69) is 4.40 Å². The number of fused-ring (bicyclic) bond motifs is 1. The number of allylic oxidation sites excluding steroid dienone is 3. The van der Waals surface area contributed by atoms with Crippen molar-refractivity contribution in [3.8, 4) is 0 Å².